The fourth-order valence-corrected chi connectivity index (χ4v) is 3.22. The van der Waals surface area contributed by atoms with Crippen molar-refractivity contribution in [1.82, 2.24) is 10.2 Å². The summed E-state index contributed by atoms with van der Waals surface area (Å²) in [5.41, 5.74) is 1.48. The molecule has 1 saturated heterocycles. The molecule has 1 aromatic heterocycles. The van der Waals surface area contributed by atoms with Crippen molar-refractivity contribution >= 4 is 11.3 Å². The molecule has 2 nitrogen and oxygen atoms in total. The fourth-order valence-electron chi connectivity index (χ4n) is 2.56. The van der Waals surface area contributed by atoms with E-state index in [2.05, 4.69) is 34.0 Å². The van der Waals surface area contributed by atoms with Gasteiger partial charge in [0, 0.05) is 19.1 Å². The fraction of sp³-hybridized carbons (Fsp3) is 0.714. The lowest BCUT2D eigenvalue weighted by molar-refractivity contribution is 0.138. The lowest BCUT2D eigenvalue weighted by Crippen LogP contribution is -2.45. The van der Waals surface area contributed by atoms with Crippen LogP contribution in [0.15, 0.2) is 16.8 Å². The van der Waals surface area contributed by atoms with Gasteiger partial charge in [-0.1, -0.05) is 13.3 Å². The molecule has 1 aliphatic heterocycles. The van der Waals surface area contributed by atoms with Gasteiger partial charge in [-0.25, -0.2) is 0 Å². The van der Waals surface area contributed by atoms with Gasteiger partial charge in [0.2, 0.25) is 0 Å². The van der Waals surface area contributed by atoms with Gasteiger partial charge in [-0.3, -0.25) is 4.90 Å². The maximum absolute atomic E-state index is 3.58. The summed E-state index contributed by atoms with van der Waals surface area (Å²) in [6.45, 7) is 6.97. The first-order chi connectivity index (χ1) is 8.40. The van der Waals surface area contributed by atoms with Gasteiger partial charge in [-0.05, 0) is 54.7 Å². The van der Waals surface area contributed by atoms with E-state index < -0.39 is 0 Å². The number of thiophene rings is 1. The monoisotopic (exact) mass is 252 g/mol. The van der Waals surface area contributed by atoms with Crippen LogP contribution in [-0.2, 0) is 6.54 Å². The average molecular weight is 252 g/mol. The van der Waals surface area contributed by atoms with E-state index in [9.17, 15) is 0 Å². The molecule has 1 unspecified atom stereocenters. The van der Waals surface area contributed by atoms with Crippen molar-refractivity contribution in [2.45, 2.75) is 45.2 Å². The number of hydrogen-bond acceptors (Lipinski definition) is 3. The molecular weight excluding hydrogens is 228 g/mol. The van der Waals surface area contributed by atoms with Crippen LogP contribution in [0.1, 0.15) is 38.2 Å². The van der Waals surface area contributed by atoms with Crippen molar-refractivity contribution in [3.8, 4) is 0 Å². The minimum absolute atomic E-state index is 0.746. The third-order valence-electron chi connectivity index (χ3n) is 3.52. The van der Waals surface area contributed by atoms with Crippen molar-refractivity contribution in [2.24, 2.45) is 0 Å². The van der Waals surface area contributed by atoms with E-state index in [-0.39, 0.29) is 0 Å². The highest BCUT2D eigenvalue weighted by atomic mass is 32.1. The highest BCUT2D eigenvalue weighted by molar-refractivity contribution is 7.07. The van der Waals surface area contributed by atoms with E-state index in [0.717, 1.165) is 25.7 Å². The van der Waals surface area contributed by atoms with Crippen LogP contribution in [0.2, 0.25) is 0 Å². The summed E-state index contributed by atoms with van der Waals surface area (Å²) in [5, 5.41) is 8.04. The molecule has 2 heterocycles. The van der Waals surface area contributed by atoms with Gasteiger partial charge in [-0.15, -0.1) is 0 Å². The molecule has 1 fully saturated rings. The first-order valence-electron chi connectivity index (χ1n) is 6.86. The molecule has 0 radical (unpaired) electrons. The zero-order valence-corrected chi connectivity index (χ0v) is 11.6. The van der Waals surface area contributed by atoms with Crippen LogP contribution in [0.25, 0.3) is 0 Å². The molecule has 96 valence electrons. The summed E-state index contributed by atoms with van der Waals surface area (Å²) in [6, 6.07) is 3.01. The molecule has 1 aliphatic rings. The van der Waals surface area contributed by atoms with Crippen molar-refractivity contribution in [2.75, 3.05) is 19.6 Å². The van der Waals surface area contributed by atoms with Gasteiger partial charge in [0.25, 0.3) is 0 Å². The first kappa shape index (κ1) is 13.1. The number of likely N-dealkylation sites (tertiary alicyclic amines) is 1. The Balaban J connectivity index is 1.83. The highest BCUT2D eigenvalue weighted by Crippen LogP contribution is 2.20. The van der Waals surface area contributed by atoms with Crippen molar-refractivity contribution in [3.63, 3.8) is 0 Å². The molecular formula is C14H24N2S. The molecule has 0 aliphatic carbocycles. The van der Waals surface area contributed by atoms with Gasteiger partial charge in [0.15, 0.2) is 0 Å². The van der Waals surface area contributed by atoms with Crippen LogP contribution >= 0.6 is 11.3 Å². The Hall–Kier alpha value is -0.380. The van der Waals surface area contributed by atoms with Crippen LogP contribution in [0.5, 0.6) is 0 Å². The van der Waals surface area contributed by atoms with E-state index in [1.54, 1.807) is 0 Å². The number of nitrogens with one attached hydrogen (secondary N) is 1. The standard InChI is InChI=1S/C14H24N2S/c1-2-7-15-10-14-5-3-4-8-16(14)11-13-6-9-17-12-13/h6,9,12,14-15H,2-5,7-8,10-11H2,1H3. The molecule has 2 rings (SSSR count). The molecule has 17 heavy (non-hydrogen) atoms. The summed E-state index contributed by atoms with van der Waals surface area (Å²) < 4.78 is 0. The molecule has 1 N–H and O–H groups in total. The van der Waals surface area contributed by atoms with E-state index in [4.69, 9.17) is 0 Å². The SMILES string of the molecule is CCCNCC1CCCCN1Cc1ccsc1. The van der Waals surface area contributed by atoms with E-state index in [0.29, 0.717) is 0 Å². The Morgan fingerprint density at radius 2 is 2.41 bits per heavy atom. The summed E-state index contributed by atoms with van der Waals surface area (Å²) in [5.74, 6) is 0. The maximum atomic E-state index is 3.58. The van der Waals surface area contributed by atoms with Crippen LogP contribution in [-0.4, -0.2) is 30.6 Å². The van der Waals surface area contributed by atoms with E-state index in [1.165, 1.54) is 37.8 Å². The highest BCUT2D eigenvalue weighted by Gasteiger charge is 2.21. The Kier molecular flexibility index (Phi) is 5.49. The molecule has 0 saturated carbocycles. The third kappa shape index (κ3) is 4.09. The third-order valence-corrected chi connectivity index (χ3v) is 4.25. The smallest absolute Gasteiger partial charge is 0.0245 e. The number of piperidine rings is 1. The van der Waals surface area contributed by atoms with Gasteiger partial charge < -0.3 is 5.32 Å². The van der Waals surface area contributed by atoms with Crippen LogP contribution in [0.4, 0.5) is 0 Å². The normalized spacial score (nSPS) is 21.8. The van der Waals surface area contributed by atoms with Crippen LogP contribution < -0.4 is 5.32 Å². The molecule has 0 amide bonds. The number of hydrogen-bond donors (Lipinski definition) is 1. The number of rotatable bonds is 6. The van der Waals surface area contributed by atoms with Crippen LogP contribution in [0.3, 0.4) is 0 Å². The molecule has 0 aromatic carbocycles. The van der Waals surface area contributed by atoms with Gasteiger partial charge >= 0.3 is 0 Å². The summed E-state index contributed by atoms with van der Waals surface area (Å²) in [6.07, 6.45) is 5.37. The number of nitrogens with zero attached hydrogens (tertiary/aromatic N) is 1. The quantitative estimate of drug-likeness (QED) is 0.783. The summed E-state index contributed by atoms with van der Waals surface area (Å²) in [4.78, 5) is 2.66. The second-order valence-corrected chi connectivity index (χ2v) is 5.74. The largest absolute Gasteiger partial charge is 0.315 e. The van der Waals surface area contributed by atoms with Crippen molar-refractivity contribution < 1.29 is 0 Å². The first-order valence-corrected chi connectivity index (χ1v) is 7.80. The molecule has 0 spiro atoms. The summed E-state index contributed by atoms with van der Waals surface area (Å²) in [7, 11) is 0. The maximum Gasteiger partial charge on any atom is 0.0245 e. The van der Waals surface area contributed by atoms with Crippen molar-refractivity contribution in [1.29, 1.82) is 0 Å². The van der Waals surface area contributed by atoms with E-state index in [1.807, 2.05) is 11.3 Å². The Morgan fingerprint density at radius 3 is 3.18 bits per heavy atom. The molecule has 1 atom stereocenters. The van der Waals surface area contributed by atoms with E-state index >= 15 is 0 Å². The molecule has 0 bridgehead atoms. The molecule has 3 heteroatoms. The zero-order valence-electron chi connectivity index (χ0n) is 10.8. The summed E-state index contributed by atoms with van der Waals surface area (Å²) >= 11 is 1.81. The predicted octanol–water partition coefficient (Wildman–Crippen LogP) is 3.10. The Bertz CT molecular complexity index is 297. The Labute approximate surface area is 109 Å². The minimum Gasteiger partial charge on any atom is -0.315 e. The second kappa shape index (κ2) is 7.14. The van der Waals surface area contributed by atoms with Crippen LogP contribution in [0, 0.1) is 0 Å². The van der Waals surface area contributed by atoms with Crippen molar-refractivity contribution in [3.05, 3.63) is 22.4 Å². The van der Waals surface area contributed by atoms with Gasteiger partial charge in [0.05, 0.1) is 0 Å². The minimum atomic E-state index is 0.746. The predicted molar refractivity (Wildman–Crippen MR) is 75.5 cm³/mol. The lowest BCUT2D eigenvalue weighted by atomic mass is 10.0. The zero-order chi connectivity index (χ0) is 11.9. The molecule has 1 aromatic rings. The Morgan fingerprint density at radius 1 is 1.47 bits per heavy atom. The lowest BCUT2D eigenvalue weighted by Gasteiger charge is -2.35. The topological polar surface area (TPSA) is 15.3 Å². The van der Waals surface area contributed by atoms with Gasteiger partial charge in [0.1, 0.15) is 0 Å². The second-order valence-electron chi connectivity index (χ2n) is 4.96. The average Bonchev–Trinajstić information content (AvgIpc) is 2.84. The van der Waals surface area contributed by atoms with Gasteiger partial charge in [-0.2, -0.15) is 11.3 Å².